The number of hydrogen-bond donors (Lipinski definition) is 1. The van der Waals surface area contributed by atoms with Gasteiger partial charge in [0.15, 0.2) is 17.3 Å². The van der Waals surface area contributed by atoms with E-state index in [1.54, 1.807) is 17.2 Å². The van der Waals surface area contributed by atoms with Crippen LogP contribution < -0.4 is 15.5 Å². The third-order valence-electron chi connectivity index (χ3n) is 6.49. The standard InChI is InChI=1S/C25H18F5N8O/c26-16-8-14(39-23-20(29)17(27)9-18(28)21(23)30)3-4-15(16)22-19-24(31)33-11-34-25(19)38(35-22)13-2-1-6-36(10-13)37-7-5-32-12-37/h3-4,7-9,11-13H,1-2,6,10H2,(H2,31,33,34). The lowest BCUT2D eigenvalue weighted by molar-refractivity contribution is 0.344. The Morgan fingerprint density at radius 2 is 1.79 bits per heavy atom. The number of anilines is 1. The van der Waals surface area contributed by atoms with Gasteiger partial charge in [-0.1, -0.05) is 0 Å². The normalized spacial score (nSPS) is 15.7. The molecule has 2 N–H and O–H groups in total. The van der Waals surface area contributed by atoms with Crippen molar-refractivity contribution in [3.05, 3.63) is 78.4 Å². The average molecular weight is 541 g/mol. The van der Waals surface area contributed by atoms with E-state index in [1.807, 2.05) is 4.68 Å². The van der Waals surface area contributed by atoms with Gasteiger partial charge >= 0.3 is 0 Å². The molecule has 1 radical (unpaired) electrons. The van der Waals surface area contributed by atoms with E-state index < -0.39 is 40.6 Å². The molecule has 1 fully saturated rings. The summed E-state index contributed by atoms with van der Waals surface area (Å²) in [7, 11) is 0. The molecule has 2 aromatic carbocycles. The fourth-order valence-electron chi connectivity index (χ4n) is 4.67. The molecule has 0 aliphatic carbocycles. The molecule has 5 aromatic rings. The summed E-state index contributed by atoms with van der Waals surface area (Å²) < 4.78 is 79.1. The number of aromatic nitrogens is 6. The topological polar surface area (TPSA) is 99.9 Å². The van der Waals surface area contributed by atoms with E-state index in [0.29, 0.717) is 17.6 Å². The number of halogens is 5. The van der Waals surface area contributed by atoms with Crippen molar-refractivity contribution in [2.45, 2.75) is 18.9 Å². The number of piperidine rings is 1. The summed E-state index contributed by atoms with van der Waals surface area (Å²) in [6, 6.07) is 3.16. The van der Waals surface area contributed by atoms with Crippen LogP contribution in [0.5, 0.6) is 11.5 Å². The van der Waals surface area contributed by atoms with Crippen LogP contribution in [0.2, 0.25) is 0 Å². The van der Waals surface area contributed by atoms with Gasteiger partial charge in [0.1, 0.15) is 41.9 Å². The molecule has 3 aromatic heterocycles. The number of hydrogen-bond acceptors (Lipinski definition) is 7. The molecular weight excluding hydrogens is 523 g/mol. The molecule has 1 saturated heterocycles. The SMILES string of the molecule is Nc1ncnc2c1c(-c1ccc(Oc3c(F)c(F)cc(F)c3F)cc1F)nn2C1CCCN(n2c[c]nc2)C1. The largest absolute Gasteiger partial charge is 0.451 e. The van der Waals surface area contributed by atoms with Gasteiger partial charge in [0.05, 0.1) is 24.2 Å². The van der Waals surface area contributed by atoms with Crippen molar-refractivity contribution in [3.63, 3.8) is 0 Å². The lowest BCUT2D eigenvalue weighted by Crippen LogP contribution is -2.43. The maximum Gasteiger partial charge on any atom is 0.204 e. The van der Waals surface area contributed by atoms with Gasteiger partial charge in [-0.25, -0.2) is 32.8 Å². The van der Waals surface area contributed by atoms with E-state index in [2.05, 4.69) is 31.3 Å². The summed E-state index contributed by atoms with van der Waals surface area (Å²) in [6.07, 6.45) is 9.02. The third-order valence-corrected chi connectivity index (χ3v) is 6.49. The van der Waals surface area contributed by atoms with E-state index in [-0.39, 0.29) is 29.2 Å². The first kappa shape index (κ1) is 24.6. The van der Waals surface area contributed by atoms with Crippen molar-refractivity contribution in [1.29, 1.82) is 0 Å². The average Bonchev–Trinajstić information content (AvgIpc) is 3.60. The van der Waals surface area contributed by atoms with Crippen molar-refractivity contribution < 1.29 is 26.7 Å². The molecule has 0 amide bonds. The second kappa shape index (κ2) is 9.53. The molecule has 39 heavy (non-hydrogen) atoms. The lowest BCUT2D eigenvalue weighted by atomic mass is 10.1. The zero-order valence-corrected chi connectivity index (χ0v) is 20.0. The Hall–Kier alpha value is -4.75. The highest BCUT2D eigenvalue weighted by molar-refractivity contribution is 5.98. The number of ether oxygens (including phenoxy) is 1. The molecule has 4 heterocycles. The maximum atomic E-state index is 15.4. The zero-order chi connectivity index (χ0) is 27.3. The Bertz CT molecular complexity index is 1660. The zero-order valence-electron chi connectivity index (χ0n) is 20.0. The van der Waals surface area contributed by atoms with Crippen molar-refractivity contribution >= 4 is 16.9 Å². The summed E-state index contributed by atoms with van der Waals surface area (Å²) in [5.74, 6) is -9.33. The summed E-state index contributed by atoms with van der Waals surface area (Å²) >= 11 is 0. The summed E-state index contributed by atoms with van der Waals surface area (Å²) in [6.45, 7) is 1.34. The maximum absolute atomic E-state index is 15.4. The monoisotopic (exact) mass is 541 g/mol. The number of nitrogens with zero attached hydrogens (tertiary/aromatic N) is 7. The Morgan fingerprint density at radius 3 is 2.51 bits per heavy atom. The fraction of sp³-hybridized carbons (Fsp3) is 0.200. The predicted octanol–water partition coefficient (Wildman–Crippen LogP) is 4.53. The second-order valence-electron chi connectivity index (χ2n) is 8.88. The van der Waals surface area contributed by atoms with Crippen molar-refractivity contribution in [2.75, 3.05) is 23.8 Å². The minimum Gasteiger partial charge on any atom is -0.451 e. The van der Waals surface area contributed by atoms with Gasteiger partial charge < -0.3 is 15.5 Å². The van der Waals surface area contributed by atoms with Crippen LogP contribution in [0, 0.1) is 35.3 Å². The number of rotatable bonds is 5. The van der Waals surface area contributed by atoms with Crippen LogP contribution in [0.1, 0.15) is 18.9 Å². The molecule has 1 atom stereocenters. The van der Waals surface area contributed by atoms with Crippen LogP contribution >= 0.6 is 0 Å². The van der Waals surface area contributed by atoms with Gasteiger partial charge in [0.25, 0.3) is 0 Å². The van der Waals surface area contributed by atoms with E-state index in [1.165, 1.54) is 18.5 Å². The fourth-order valence-corrected chi connectivity index (χ4v) is 4.67. The molecule has 1 aliphatic rings. The first-order valence-corrected chi connectivity index (χ1v) is 11.8. The van der Waals surface area contributed by atoms with Crippen molar-refractivity contribution in [2.24, 2.45) is 0 Å². The van der Waals surface area contributed by atoms with Crippen LogP contribution in [0.4, 0.5) is 27.8 Å². The predicted molar refractivity (Wildman–Crippen MR) is 129 cm³/mol. The molecule has 0 spiro atoms. The molecule has 0 saturated carbocycles. The van der Waals surface area contributed by atoms with Gasteiger partial charge in [-0.15, -0.1) is 0 Å². The number of benzene rings is 2. The summed E-state index contributed by atoms with van der Waals surface area (Å²) in [5.41, 5.74) is 6.69. The Labute approximate surface area is 217 Å². The number of fused-ring (bicyclic) bond motifs is 1. The van der Waals surface area contributed by atoms with Crippen LogP contribution in [0.15, 0.2) is 43.1 Å². The molecule has 9 nitrogen and oxygen atoms in total. The van der Waals surface area contributed by atoms with E-state index in [9.17, 15) is 17.6 Å². The highest BCUT2D eigenvalue weighted by Crippen LogP contribution is 2.37. The number of imidazole rings is 1. The second-order valence-corrected chi connectivity index (χ2v) is 8.88. The lowest BCUT2D eigenvalue weighted by Gasteiger charge is -2.34. The molecule has 199 valence electrons. The first-order chi connectivity index (χ1) is 18.8. The molecule has 0 bridgehead atoms. The quantitative estimate of drug-likeness (QED) is 0.258. The third kappa shape index (κ3) is 4.27. The highest BCUT2D eigenvalue weighted by Gasteiger charge is 2.28. The highest BCUT2D eigenvalue weighted by atomic mass is 19.2. The smallest absolute Gasteiger partial charge is 0.204 e. The van der Waals surface area contributed by atoms with Crippen molar-refractivity contribution in [1.82, 2.24) is 29.4 Å². The van der Waals surface area contributed by atoms with Gasteiger partial charge in [-0.2, -0.15) is 13.9 Å². The summed E-state index contributed by atoms with van der Waals surface area (Å²) in [4.78, 5) is 12.4. The van der Waals surface area contributed by atoms with Crippen LogP contribution in [0.3, 0.4) is 0 Å². The van der Waals surface area contributed by atoms with E-state index in [4.69, 9.17) is 10.5 Å². The van der Waals surface area contributed by atoms with Gasteiger partial charge in [0, 0.05) is 24.2 Å². The molecular formula is C25H18F5N8O. The Kier molecular flexibility index (Phi) is 6.00. The van der Waals surface area contributed by atoms with Gasteiger partial charge in [-0.05, 0) is 25.0 Å². The summed E-state index contributed by atoms with van der Waals surface area (Å²) in [5, 5.41) is 7.05. The molecule has 14 heteroatoms. The van der Waals surface area contributed by atoms with Gasteiger partial charge in [0.2, 0.25) is 17.4 Å². The van der Waals surface area contributed by atoms with E-state index in [0.717, 1.165) is 25.5 Å². The molecule has 1 unspecified atom stereocenters. The van der Waals surface area contributed by atoms with Gasteiger partial charge in [-0.3, -0.25) is 4.68 Å². The van der Waals surface area contributed by atoms with Crippen LogP contribution in [-0.2, 0) is 0 Å². The van der Waals surface area contributed by atoms with Crippen molar-refractivity contribution in [3.8, 4) is 22.8 Å². The first-order valence-electron chi connectivity index (χ1n) is 11.8. The minimum absolute atomic E-state index is 0.0177. The van der Waals surface area contributed by atoms with E-state index >= 15 is 4.39 Å². The Morgan fingerprint density at radius 1 is 1.00 bits per heavy atom. The minimum atomic E-state index is -1.75. The number of nitrogens with two attached hydrogens (primary N) is 1. The van der Waals surface area contributed by atoms with Crippen LogP contribution in [-0.4, -0.2) is 42.5 Å². The van der Waals surface area contributed by atoms with Crippen LogP contribution in [0.25, 0.3) is 22.3 Å². The Balaban J connectivity index is 1.38. The number of nitrogen functional groups attached to an aromatic ring is 1. The molecule has 1 aliphatic heterocycles. The molecule has 6 rings (SSSR count).